The van der Waals surface area contributed by atoms with Crippen molar-refractivity contribution in [2.75, 3.05) is 12.4 Å². The molecule has 0 fully saturated rings. The minimum Gasteiger partial charge on any atom is -0.462 e. The molecule has 2 rings (SSSR count). The van der Waals surface area contributed by atoms with Gasteiger partial charge in [0.05, 0.1) is 22.0 Å². The summed E-state index contributed by atoms with van der Waals surface area (Å²) < 4.78 is 6.21. The normalized spacial score (nSPS) is 10.5. The van der Waals surface area contributed by atoms with Gasteiger partial charge in [-0.3, -0.25) is 10.1 Å². The van der Waals surface area contributed by atoms with Crippen molar-refractivity contribution in [2.24, 2.45) is 0 Å². The Balaban J connectivity index is 2.23. The van der Waals surface area contributed by atoms with Gasteiger partial charge < -0.3 is 10.6 Å². The lowest BCUT2D eigenvalue weighted by molar-refractivity contribution is -0.387. The Morgan fingerprint density at radius 1 is 1.52 bits per heavy atom. The summed E-state index contributed by atoms with van der Waals surface area (Å²) in [4.78, 5) is 22.9. The molecule has 0 aliphatic carbocycles. The average Bonchev–Trinajstić information content (AvgIpc) is 2.92. The third-order valence-electron chi connectivity index (χ3n) is 2.86. The molecule has 0 radical (unpaired) electrons. The fourth-order valence-electron chi connectivity index (χ4n) is 1.67. The van der Waals surface area contributed by atoms with Crippen molar-refractivity contribution in [3.63, 3.8) is 0 Å². The zero-order valence-corrected chi connectivity index (χ0v) is 13.2. The highest BCUT2D eigenvalue weighted by molar-refractivity contribution is 7.99. The number of hydrogen-bond donors (Lipinski definition) is 1. The van der Waals surface area contributed by atoms with Crippen LogP contribution in [0.4, 0.5) is 5.69 Å². The van der Waals surface area contributed by atoms with Crippen LogP contribution >= 0.6 is 11.8 Å². The summed E-state index contributed by atoms with van der Waals surface area (Å²) in [5, 5.41) is 18.9. The Kier molecular flexibility index (Phi) is 5.52. The predicted molar refractivity (Wildman–Crippen MR) is 82.6 cm³/mol. The molecule has 9 nitrogen and oxygen atoms in total. The topological polar surface area (TPSA) is 126 Å². The molecule has 0 aliphatic rings. The molecule has 0 atom stereocenters. The number of esters is 1. The van der Waals surface area contributed by atoms with Crippen LogP contribution in [0.1, 0.15) is 30.1 Å². The predicted octanol–water partition coefficient (Wildman–Crippen LogP) is 2.01. The zero-order chi connectivity index (χ0) is 16.8. The van der Waals surface area contributed by atoms with E-state index in [1.54, 1.807) is 0 Å². The van der Waals surface area contributed by atoms with E-state index in [1.807, 2.05) is 6.92 Å². The van der Waals surface area contributed by atoms with Crippen molar-refractivity contribution in [3.05, 3.63) is 40.2 Å². The third-order valence-corrected chi connectivity index (χ3v) is 3.90. The molecule has 0 spiro atoms. The molecule has 1 aromatic carbocycles. The van der Waals surface area contributed by atoms with Gasteiger partial charge in [0, 0.05) is 6.07 Å². The first-order valence-electron chi connectivity index (χ1n) is 6.81. The number of nitrogens with two attached hydrogens (primary N) is 1. The average molecular weight is 337 g/mol. The maximum absolute atomic E-state index is 11.9. The monoisotopic (exact) mass is 337 g/mol. The molecule has 0 saturated heterocycles. The largest absolute Gasteiger partial charge is 0.462 e. The number of aromatic nitrogens is 3. The Hall–Kier alpha value is -2.62. The van der Waals surface area contributed by atoms with E-state index in [2.05, 4.69) is 10.2 Å². The van der Waals surface area contributed by atoms with E-state index in [1.165, 1.54) is 24.5 Å². The van der Waals surface area contributed by atoms with E-state index >= 15 is 0 Å². The molecule has 1 aromatic heterocycles. The fourth-order valence-corrected chi connectivity index (χ4v) is 2.48. The van der Waals surface area contributed by atoms with Gasteiger partial charge >= 0.3 is 5.97 Å². The molecule has 0 unspecified atom stereocenters. The maximum atomic E-state index is 11.9. The number of ether oxygens (including phenoxy) is 1. The van der Waals surface area contributed by atoms with Crippen molar-refractivity contribution in [2.45, 2.75) is 29.8 Å². The first-order chi connectivity index (χ1) is 11.0. The van der Waals surface area contributed by atoms with Crippen LogP contribution in [0.25, 0.3) is 0 Å². The number of carbonyl (C=O) groups excluding carboxylic acids is 1. The zero-order valence-electron chi connectivity index (χ0n) is 12.3. The van der Waals surface area contributed by atoms with E-state index in [-0.39, 0.29) is 17.9 Å². The Morgan fingerprint density at radius 2 is 2.30 bits per heavy atom. The Morgan fingerprint density at radius 3 is 2.91 bits per heavy atom. The number of carbonyl (C=O) groups is 1. The highest BCUT2D eigenvalue weighted by atomic mass is 32.2. The Labute approximate surface area is 136 Å². The molecule has 2 aromatic rings. The van der Waals surface area contributed by atoms with Gasteiger partial charge in [-0.1, -0.05) is 13.3 Å². The van der Waals surface area contributed by atoms with Gasteiger partial charge in [-0.2, -0.15) is 0 Å². The van der Waals surface area contributed by atoms with Crippen molar-refractivity contribution in [1.29, 1.82) is 0 Å². The van der Waals surface area contributed by atoms with Gasteiger partial charge in [0.1, 0.15) is 6.33 Å². The molecule has 1 heterocycles. The summed E-state index contributed by atoms with van der Waals surface area (Å²) in [6.07, 6.45) is 2.92. The van der Waals surface area contributed by atoms with E-state index in [0.717, 1.165) is 29.3 Å². The molecule has 0 amide bonds. The van der Waals surface area contributed by atoms with Crippen molar-refractivity contribution >= 4 is 23.4 Å². The summed E-state index contributed by atoms with van der Waals surface area (Å²) in [6, 6.07) is 4.13. The third kappa shape index (κ3) is 4.19. The van der Waals surface area contributed by atoms with Gasteiger partial charge in [0.25, 0.3) is 5.69 Å². The second kappa shape index (κ2) is 7.58. The fraction of sp³-hybridized carbons (Fsp3) is 0.308. The van der Waals surface area contributed by atoms with E-state index in [4.69, 9.17) is 10.6 Å². The minimum atomic E-state index is -0.583. The summed E-state index contributed by atoms with van der Waals surface area (Å²) in [6.45, 7) is 2.26. The second-order valence-electron chi connectivity index (χ2n) is 4.55. The molecule has 0 bridgehead atoms. The lowest BCUT2D eigenvalue weighted by Crippen LogP contribution is -2.08. The van der Waals surface area contributed by atoms with Crippen LogP contribution in [0.15, 0.2) is 34.6 Å². The number of nitrogens with zero attached hydrogens (tertiary/aromatic N) is 4. The van der Waals surface area contributed by atoms with Crippen LogP contribution in [0.3, 0.4) is 0 Å². The van der Waals surface area contributed by atoms with Crippen LogP contribution in [0, 0.1) is 10.1 Å². The van der Waals surface area contributed by atoms with Gasteiger partial charge in [0.2, 0.25) is 5.16 Å². The van der Waals surface area contributed by atoms with Crippen molar-refractivity contribution in [1.82, 2.24) is 14.9 Å². The smallest absolute Gasteiger partial charge is 0.338 e. The lowest BCUT2D eigenvalue weighted by atomic mass is 10.2. The maximum Gasteiger partial charge on any atom is 0.338 e. The van der Waals surface area contributed by atoms with Gasteiger partial charge in [-0.05, 0) is 30.3 Å². The van der Waals surface area contributed by atoms with Gasteiger partial charge in [-0.25, -0.2) is 9.47 Å². The quantitative estimate of drug-likeness (QED) is 0.267. The second-order valence-corrected chi connectivity index (χ2v) is 5.56. The highest BCUT2D eigenvalue weighted by Crippen LogP contribution is 2.34. The molecule has 10 heteroatoms. The highest BCUT2D eigenvalue weighted by Gasteiger charge is 2.20. The molecule has 0 saturated carbocycles. The van der Waals surface area contributed by atoms with E-state index in [0.29, 0.717) is 10.1 Å². The van der Waals surface area contributed by atoms with Crippen molar-refractivity contribution < 1.29 is 14.5 Å². The number of nitrogen functional groups attached to an aromatic ring is 1. The standard InChI is InChI=1S/C13H15N5O4S/c1-2-3-6-22-12(19)9-4-5-11(10(7-9)18(20)21)23-13-16-15-8-17(13)14/h4-5,7-8H,2-3,6,14H2,1H3. The van der Waals surface area contributed by atoms with Crippen LogP contribution < -0.4 is 5.84 Å². The lowest BCUT2D eigenvalue weighted by Gasteiger charge is -2.06. The summed E-state index contributed by atoms with van der Waals surface area (Å²) in [5.74, 6) is 5.00. The Bertz CT molecular complexity index is 718. The molecule has 0 aliphatic heterocycles. The van der Waals surface area contributed by atoms with E-state index in [9.17, 15) is 14.9 Å². The number of nitro groups is 1. The number of benzene rings is 1. The van der Waals surface area contributed by atoms with E-state index < -0.39 is 10.9 Å². The number of hydrogen-bond acceptors (Lipinski definition) is 8. The molecule has 23 heavy (non-hydrogen) atoms. The van der Waals surface area contributed by atoms with Crippen LogP contribution in [0.2, 0.25) is 0 Å². The molecule has 122 valence electrons. The van der Waals surface area contributed by atoms with Crippen LogP contribution in [-0.2, 0) is 4.74 Å². The number of nitro benzene ring substituents is 1. The van der Waals surface area contributed by atoms with Gasteiger partial charge in [0.15, 0.2) is 0 Å². The van der Waals surface area contributed by atoms with Crippen LogP contribution in [0.5, 0.6) is 0 Å². The van der Waals surface area contributed by atoms with Crippen LogP contribution in [-0.4, -0.2) is 32.4 Å². The minimum absolute atomic E-state index is 0.131. The molecular weight excluding hydrogens is 322 g/mol. The first-order valence-corrected chi connectivity index (χ1v) is 7.63. The molecular formula is C13H15N5O4S. The number of rotatable bonds is 7. The summed E-state index contributed by atoms with van der Waals surface area (Å²) in [5.41, 5.74) is -0.0886. The van der Waals surface area contributed by atoms with Gasteiger partial charge in [-0.15, -0.1) is 10.2 Å². The molecule has 2 N–H and O–H groups in total. The van der Waals surface area contributed by atoms with Crippen molar-refractivity contribution in [3.8, 4) is 0 Å². The first kappa shape index (κ1) is 16.7. The summed E-state index contributed by atoms with van der Waals surface area (Å²) in [7, 11) is 0. The number of unbranched alkanes of at least 4 members (excludes halogenated alkanes) is 1. The summed E-state index contributed by atoms with van der Waals surface area (Å²) >= 11 is 0.988. The SMILES string of the molecule is CCCCOC(=O)c1ccc(Sc2nncn2N)c([N+](=O)[O-])c1.